The van der Waals surface area contributed by atoms with E-state index in [0.717, 1.165) is 18.2 Å². The van der Waals surface area contributed by atoms with Crippen LogP contribution in [0.25, 0.3) is 43.1 Å². The number of fused-ring (bicyclic) bond motifs is 1. The van der Waals surface area contributed by atoms with Crippen molar-refractivity contribution >= 4 is 86.9 Å². The van der Waals surface area contributed by atoms with Crippen molar-refractivity contribution in [3.05, 3.63) is 52.6 Å². The van der Waals surface area contributed by atoms with Gasteiger partial charge in [-0.25, -0.2) is 27.6 Å². The topological polar surface area (TPSA) is 238 Å². The number of carboxylic acid groups (broad SMARTS) is 4. The van der Waals surface area contributed by atoms with Crippen LogP contribution in [0.4, 0.5) is 0 Å². The standard InChI is InChI=1S/C24H10O13S2/c25-21(26)7-2-1-6-16-13(39(35,36)37)5-10(24(31)32)15-9(23(29)30)4-12-19(20(15)16)18-11(38(12,33)34)3-8(22(27)28)14(7)17(6)18/h1-5H,(H,25,26)(H,27,28)(H,29,30)(H,31,32)(H,35,36,37). The van der Waals surface area contributed by atoms with Gasteiger partial charge in [0.05, 0.1) is 32.0 Å². The third-order valence-corrected chi connectivity index (χ3v) is 9.56. The molecule has 6 rings (SSSR count). The van der Waals surface area contributed by atoms with E-state index >= 15 is 0 Å². The van der Waals surface area contributed by atoms with Gasteiger partial charge in [0.2, 0.25) is 9.84 Å². The van der Waals surface area contributed by atoms with E-state index in [1.54, 1.807) is 0 Å². The van der Waals surface area contributed by atoms with Gasteiger partial charge in [0, 0.05) is 37.7 Å². The Morgan fingerprint density at radius 2 is 1.00 bits per heavy atom. The van der Waals surface area contributed by atoms with Crippen LogP contribution in [0.5, 0.6) is 0 Å². The zero-order valence-corrected chi connectivity index (χ0v) is 20.3. The minimum Gasteiger partial charge on any atom is -0.478 e. The zero-order chi connectivity index (χ0) is 28.5. The van der Waals surface area contributed by atoms with Crippen molar-refractivity contribution in [2.75, 3.05) is 0 Å². The van der Waals surface area contributed by atoms with Crippen LogP contribution >= 0.6 is 0 Å². The lowest BCUT2D eigenvalue weighted by molar-refractivity contribution is 0.0681. The Hall–Kier alpha value is -4.86. The highest BCUT2D eigenvalue weighted by atomic mass is 32.2. The van der Waals surface area contributed by atoms with E-state index in [9.17, 15) is 61.0 Å². The highest BCUT2D eigenvalue weighted by molar-refractivity contribution is 7.92. The van der Waals surface area contributed by atoms with Gasteiger partial charge >= 0.3 is 23.9 Å². The summed E-state index contributed by atoms with van der Waals surface area (Å²) < 4.78 is 62.5. The molecule has 15 heteroatoms. The average molecular weight is 570 g/mol. The lowest BCUT2D eigenvalue weighted by atomic mass is 9.84. The summed E-state index contributed by atoms with van der Waals surface area (Å²) >= 11 is 0. The van der Waals surface area contributed by atoms with Crippen LogP contribution in [0.15, 0.2) is 45.0 Å². The number of benzene rings is 5. The molecule has 1 heterocycles. The second kappa shape index (κ2) is 7.16. The van der Waals surface area contributed by atoms with Gasteiger partial charge in [-0.2, -0.15) is 8.42 Å². The Bertz CT molecular complexity index is 2310. The fraction of sp³-hybridized carbons (Fsp3) is 0. The Balaban J connectivity index is 2.17. The Kier molecular flexibility index (Phi) is 4.49. The molecule has 0 amide bonds. The van der Waals surface area contributed by atoms with Crippen molar-refractivity contribution in [2.24, 2.45) is 0 Å². The van der Waals surface area contributed by atoms with Crippen LogP contribution < -0.4 is 0 Å². The number of rotatable bonds is 5. The Morgan fingerprint density at radius 1 is 0.564 bits per heavy atom. The minimum atomic E-state index is -5.28. The highest BCUT2D eigenvalue weighted by Gasteiger charge is 2.40. The van der Waals surface area contributed by atoms with E-state index in [-0.39, 0.29) is 21.5 Å². The third kappa shape index (κ3) is 2.85. The molecule has 5 aromatic carbocycles. The molecule has 196 valence electrons. The number of carboxylic acids is 4. The third-order valence-electron chi connectivity index (χ3n) is 6.88. The van der Waals surface area contributed by atoms with Crippen molar-refractivity contribution in [2.45, 2.75) is 14.7 Å². The van der Waals surface area contributed by atoms with Gasteiger partial charge in [-0.1, -0.05) is 6.07 Å². The first-order chi connectivity index (χ1) is 18.1. The van der Waals surface area contributed by atoms with Crippen molar-refractivity contribution in [1.29, 1.82) is 0 Å². The molecule has 5 aromatic rings. The molecule has 5 N–H and O–H groups in total. The van der Waals surface area contributed by atoms with E-state index in [1.165, 1.54) is 0 Å². The number of sulfone groups is 1. The molecule has 0 aromatic heterocycles. The van der Waals surface area contributed by atoms with E-state index in [4.69, 9.17) is 0 Å². The van der Waals surface area contributed by atoms with Crippen LogP contribution in [0.2, 0.25) is 0 Å². The quantitative estimate of drug-likeness (QED) is 0.114. The molecule has 0 radical (unpaired) electrons. The predicted molar refractivity (Wildman–Crippen MR) is 131 cm³/mol. The molecule has 1 aliphatic heterocycles. The zero-order valence-electron chi connectivity index (χ0n) is 18.7. The second-order valence-electron chi connectivity index (χ2n) is 8.75. The van der Waals surface area contributed by atoms with E-state index in [2.05, 4.69) is 0 Å². The maximum absolute atomic E-state index is 13.7. The maximum Gasteiger partial charge on any atom is 0.336 e. The molecule has 39 heavy (non-hydrogen) atoms. The summed E-state index contributed by atoms with van der Waals surface area (Å²) in [6, 6.07) is 3.94. The van der Waals surface area contributed by atoms with Gasteiger partial charge < -0.3 is 20.4 Å². The van der Waals surface area contributed by atoms with Gasteiger partial charge in [0.15, 0.2) is 0 Å². The Labute approximate surface area is 215 Å². The maximum atomic E-state index is 13.7. The smallest absolute Gasteiger partial charge is 0.336 e. The fourth-order valence-corrected chi connectivity index (χ4v) is 7.99. The van der Waals surface area contributed by atoms with Crippen molar-refractivity contribution in [1.82, 2.24) is 0 Å². The predicted octanol–water partition coefficient (Wildman–Crippen LogP) is 2.92. The lowest BCUT2D eigenvalue weighted by Gasteiger charge is -2.19. The monoisotopic (exact) mass is 570 g/mol. The number of aromatic carboxylic acids is 4. The molecular formula is C24H10O13S2. The number of carbonyl (C=O) groups is 4. The first-order valence-electron chi connectivity index (χ1n) is 10.6. The largest absolute Gasteiger partial charge is 0.478 e. The van der Waals surface area contributed by atoms with Crippen LogP contribution in [0.3, 0.4) is 0 Å². The van der Waals surface area contributed by atoms with E-state index in [1.807, 2.05) is 0 Å². The first-order valence-corrected chi connectivity index (χ1v) is 13.5. The number of hydrogen-bond acceptors (Lipinski definition) is 8. The molecule has 1 aliphatic rings. The Morgan fingerprint density at radius 3 is 1.46 bits per heavy atom. The second-order valence-corrected chi connectivity index (χ2v) is 12.0. The molecule has 13 nitrogen and oxygen atoms in total. The first kappa shape index (κ1) is 24.5. The summed E-state index contributed by atoms with van der Waals surface area (Å²) in [7, 11) is -9.96. The summed E-state index contributed by atoms with van der Waals surface area (Å²) in [6.07, 6.45) is 0. The molecule has 0 unspecified atom stereocenters. The van der Waals surface area contributed by atoms with Gasteiger partial charge in [-0.15, -0.1) is 0 Å². The summed E-state index contributed by atoms with van der Waals surface area (Å²) in [4.78, 5) is 46.4. The normalized spacial score (nSPS) is 14.2. The molecule has 0 saturated carbocycles. The van der Waals surface area contributed by atoms with Crippen LogP contribution in [-0.2, 0) is 20.0 Å². The lowest BCUT2D eigenvalue weighted by Crippen LogP contribution is -2.10. The van der Waals surface area contributed by atoms with Gasteiger partial charge in [-0.3, -0.25) is 4.55 Å². The fourth-order valence-electron chi connectivity index (χ4n) is 5.53. The molecule has 0 saturated heterocycles. The van der Waals surface area contributed by atoms with Crippen LogP contribution in [-0.4, -0.2) is 65.7 Å². The number of hydrogen-bond donors (Lipinski definition) is 5. The van der Waals surface area contributed by atoms with Gasteiger partial charge in [-0.05, 0) is 29.7 Å². The summed E-state index contributed by atoms with van der Waals surface area (Å²) in [5, 5.41) is 36.5. The van der Waals surface area contributed by atoms with Crippen LogP contribution in [0, 0.1) is 0 Å². The minimum absolute atomic E-state index is 0.235. The average Bonchev–Trinajstić information content (AvgIpc) is 3.06. The summed E-state index contributed by atoms with van der Waals surface area (Å²) in [5.74, 6) is -6.82. The van der Waals surface area contributed by atoms with Crippen molar-refractivity contribution < 1.29 is 61.0 Å². The molecule has 0 spiro atoms. The molecule has 0 fully saturated rings. The summed E-state index contributed by atoms with van der Waals surface area (Å²) in [5.41, 5.74) is -2.97. The SMILES string of the molecule is O=C(O)c1ccc2c3c(S(=O)(=O)O)cc(C(=O)O)c4c(C(=O)O)cc5c(c6c(cc(C(=O)O)c1c26)S5(=O)=O)c43. The molecule has 0 aliphatic carbocycles. The molecular weight excluding hydrogens is 560 g/mol. The van der Waals surface area contributed by atoms with Crippen molar-refractivity contribution in [3.63, 3.8) is 0 Å². The van der Waals surface area contributed by atoms with Gasteiger partial charge in [0.25, 0.3) is 10.1 Å². The van der Waals surface area contributed by atoms with Crippen molar-refractivity contribution in [3.8, 4) is 0 Å². The highest BCUT2D eigenvalue weighted by Crippen LogP contribution is 2.54. The molecule has 0 bridgehead atoms. The van der Waals surface area contributed by atoms with Crippen LogP contribution in [0.1, 0.15) is 41.4 Å². The van der Waals surface area contributed by atoms with Gasteiger partial charge in [0.1, 0.15) is 4.90 Å². The summed E-state index contributed by atoms with van der Waals surface area (Å²) in [6.45, 7) is 0. The van der Waals surface area contributed by atoms with E-state index < -0.39 is 102 Å². The molecule has 0 atom stereocenters. The van der Waals surface area contributed by atoms with E-state index in [0.29, 0.717) is 12.1 Å².